The Labute approximate surface area is 120 Å². The molecule has 0 amide bonds. The van der Waals surface area contributed by atoms with Gasteiger partial charge in [0.15, 0.2) is 5.96 Å². The third kappa shape index (κ3) is 2.12. The number of nitrogens with zero attached hydrogens (tertiary/aromatic N) is 3. The van der Waals surface area contributed by atoms with Crippen LogP contribution < -0.4 is 11.5 Å². The van der Waals surface area contributed by atoms with Crippen LogP contribution in [-0.2, 0) is 0 Å². The molecular weight excluding hydrogens is 274 g/mol. The molecule has 1 heterocycles. The Kier molecular flexibility index (Phi) is 2.91. The van der Waals surface area contributed by atoms with Gasteiger partial charge in [-0.05, 0) is 35.9 Å². The second-order valence-electron chi connectivity index (χ2n) is 4.47. The number of nitrogens with two attached hydrogens (primary N) is 2. The first-order valence-corrected chi connectivity index (χ1v) is 6.38. The summed E-state index contributed by atoms with van der Waals surface area (Å²) in [5, 5.41) is 3.79. The van der Waals surface area contributed by atoms with Gasteiger partial charge < -0.3 is 11.5 Å². The van der Waals surface area contributed by atoms with Crippen LogP contribution in [0.1, 0.15) is 5.69 Å². The van der Waals surface area contributed by atoms with Gasteiger partial charge in [0.2, 0.25) is 0 Å². The number of aliphatic imine (C=N–C) groups is 1. The van der Waals surface area contributed by atoms with Crippen molar-refractivity contribution in [3.63, 3.8) is 0 Å². The van der Waals surface area contributed by atoms with E-state index in [1.165, 1.54) is 0 Å². The lowest BCUT2D eigenvalue weighted by Gasteiger charge is -2.07. The molecule has 3 rings (SSSR count). The van der Waals surface area contributed by atoms with E-state index in [2.05, 4.69) is 15.0 Å². The summed E-state index contributed by atoms with van der Waals surface area (Å²) in [7, 11) is 0. The summed E-state index contributed by atoms with van der Waals surface area (Å²) < 4.78 is 0. The van der Waals surface area contributed by atoms with E-state index < -0.39 is 0 Å². The van der Waals surface area contributed by atoms with Gasteiger partial charge in [0, 0.05) is 10.4 Å². The summed E-state index contributed by atoms with van der Waals surface area (Å²) in [6.45, 7) is 1.91. The Morgan fingerprint density at radius 2 is 1.95 bits per heavy atom. The van der Waals surface area contributed by atoms with Gasteiger partial charge in [-0.15, -0.1) is 0 Å². The highest BCUT2D eigenvalue weighted by molar-refractivity contribution is 6.31. The molecule has 2 aromatic carbocycles. The van der Waals surface area contributed by atoms with Crippen molar-refractivity contribution in [2.45, 2.75) is 6.92 Å². The van der Waals surface area contributed by atoms with Crippen LogP contribution in [0.25, 0.3) is 21.7 Å². The number of hydrogen-bond donors (Lipinski definition) is 2. The summed E-state index contributed by atoms with van der Waals surface area (Å²) in [4.78, 5) is 12.6. The number of benzene rings is 2. The van der Waals surface area contributed by atoms with Crippen LogP contribution in [-0.4, -0.2) is 15.9 Å². The monoisotopic (exact) mass is 285 g/mol. The lowest BCUT2D eigenvalue weighted by Crippen LogP contribution is -2.22. The van der Waals surface area contributed by atoms with Crippen molar-refractivity contribution in [1.82, 2.24) is 9.97 Å². The van der Waals surface area contributed by atoms with Gasteiger partial charge in [0.25, 0.3) is 5.95 Å². The maximum absolute atomic E-state index is 6.02. The SMILES string of the molecule is Cc1nc(N=C(N)N)nc2ccc3cc(Cl)ccc3c12. The number of fused-ring (bicyclic) bond motifs is 3. The maximum atomic E-state index is 6.02. The summed E-state index contributed by atoms with van der Waals surface area (Å²) in [5.74, 6) is 0.208. The minimum atomic E-state index is -0.0590. The lowest BCUT2D eigenvalue weighted by molar-refractivity contribution is 1.12. The van der Waals surface area contributed by atoms with E-state index in [9.17, 15) is 0 Å². The van der Waals surface area contributed by atoms with E-state index in [-0.39, 0.29) is 11.9 Å². The Morgan fingerprint density at radius 1 is 1.15 bits per heavy atom. The largest absolute Gasteiger partial charge is 0.370 e. The Hall–Kier alpha value is -2.40. The second kappa shape index (κ2) is 4.61. The van der Waals surface area contributed by atoms with Gasteiger partial charge in [-0.25, -0.2) is 9.97 Å². The Balaban J connectivity index is 2.38. The number of halogens is 1. The highest BCUT2D eigenvalue weighted by Crippen LogP contribution is 2.29. The number of guanidine groups is 1. The zero-order valence-corrected chi connectivity index (χ0v) is 11.5. The van der Waals surface area contributed by atoms with Crippen LogP contribution in [0.5, 0.6) is 0 Å². The molecule has 5 nitrogen and oxygen atoms in total. The molecule has 0 atom stereocenters. The summed E-state index contributed by atoms with van der Waals surface area (Å²) >= 11 is 6.02. The van der Waals surface area contributed by atoms with Crippen LogP contribution in [0.15, 0.2) is 35.3 Å². The second-order valence-corrected chi connectivity index (χ2v) is 4.91. The van der Waals surface area contributed by atoms with Crippen LogP contribution in [0, 0.1) is 6.92 Å². The first-order chi connectivity index (χ1) is 9.54. The average molecular weight is 286 g/mol. The fraction of sp³-hybridized carbons (Fsp3) is 0.0714. The molecule has 1 aromatic heterocycles. The van der Waals surface area contributed by atoms with Gasteiger partial charge in [-0.3, -0.25) is 0 Å². The topological polar surface area (TPSA) is 90.2 Å². The van der Waals surface area contributed by atoms with Crippen molar-refractivity contribution in [3.8, 4) is 0 Å². The van der Waals surface area contributed by atoms with E-state index >= 15 is 0 Å². The number of aromatic nitrogens is 2. The molecule has 100 valence electrons. The average Bonchev–Trinajstić information content (AvgIpc) is 2.37. The first kappa shape index (κ1) is 12.6. The molecular formula is C14H12ClN5. The van der Waals surface area contributed by atoms with Crippen molar-refractivity contribution < 1.29 is 0 Å². The standard InChI is InChI=1S/C14H12ClN5/c1-7-12-10-4-3-9(15)6-8(10)2-5-11(12)19-14(18-7)20-13(16)17/h2-6H,1H3,(H4,16,17,18,19,20). The smallest absolute Gasteiger partial charge is 0.253 e. The molecule has 0 bridgehead atoms. The molecule has 0 aliphatic heterocycles. The minimum Gasteiger partial charge on any atom is -0.370 e. The van der Waals surface area contributed by atoms with Gasteiger partial charge >= 0.3 is 0 Å². The summed E-state index contributed by atoms with van der Waals surface area (Å²) in [5.41, 5.74) is 12.3. The molecule has 3 aromatic rings. The molecule has 20 heavy (non-hydrogen) atoms. The molecule has 0 aliphatic rings. The van der Waals surface area contributed by atoms with Gasteiger partial charge in [0.05, 0.1) is 11.2 Å². The number of hydrogen-bond acceptors (Lipinski definition) is 3. The molecule has 6 heteroatoms. The predicted octanol–water partition coefficient (Wildman–Crippen LogP) is 2.65. The zero-order chi connectivity index (χ0) is 14.3. The van der Waals surface area contributed by atoms with E-state index in [1.54, 1.807) is 0 Å². The minimum absolute atomic E-state index is 0.0590. The third-order valence-electron chi connectivity index (χ3n) is 3.04. The Bertz CT molecular complexity index is 853. The van der Waals surface area contributed by atoms with Crippen LogP contribution >= 0.6 is 11.6 Å². The fourth-order valence-corrected chi connectivity index (χ4v) is 2.45. The molecule has 0 radical (unpaired) electrons. The molecule has 0 saturated heterocycles. The van der Waals surface area contributed by atoms with Gasteiger partial charge in [0.1, 0.15) is 0 Å². The highest BCUT2D eigenvalue weighted by atomic mass is 35.5. The van der Waals surface area contributed by atoms with Crippen molar-refractivity contribution in [2.24, 2.45) is 16.5 Å². The first-order valence-electron chi connectivity index (χ1n) is 6.01. The molecule has 4 N–H and O–H groups in total. The van der Waals surface area contributed by atoms with E-state index in [4.69, 9.17) is 23.1 Å². The highest BCUT2D eigenvalue weighted by Gasteiger charge is 2.08. The maximum Gasteiger partial charge on any atom is 0.253 e. The Morgan fingerprint density at radius 3 is 2.70 bits per heavy atom. The van der Waals surface area contributed by atoms with Crippen molar-refractivity contribution >= 4 is 45.2 Å². The van der Waals surface area contributed by atoms with Crippen LogP contribution in [0.4, 0.5) is 5.95 Å². The lowest BCUT2D eigenvalue weighted by atomic mass is 10.0. The third-order valence-corrected chi connectivity index (χ3v) is 3.27. The fourth-order valence-electron chi connectivity index (χ4n) is 2.27. The molecule has 0 aliphatic carbocycles. The molecule has 0 fully saturated rings. The van der Waals surface area contributed by atoms with Crippen molar-refractivity contribution in [3.05, 3.63) is 41.0 Å². The van der Waals surface area contributed by atoms with Crippen molar-refractivity contribution in [2.75, 3.05) is 0 Å². The zero-order valence-electron chi connectivity index (χ0n) is 10.8. The van der Waals surface area contributed by atoms with Crippen LogP contribution in [0.2, 0.25) is 5.02 Å². The summed E-state index contributed by atoms with van der Waals surface area (Å²) in [6.07, 6.45) is 0. The molecule has 0 unspecified atom stereocenters. The van der Waals surface area contributed by atoms with Crippen LogP contribution in [0.3, 0.4) is 0 Å². The van der Waals surface area contributed by atoms with Gasteiger partial charge in [-0.1, -0.05) is 23.7 Å². The number of rotatable bonds is 1. The quantitative estimate of drug-likeness (QED) is 0.408. The molecule has 0 saturated carbocycles. The van der Waals surface area contributed by atoms with E-state index in [1.807, 2.05) is 37.3 Å². The molecule has 0 spiro atoms. The predicted molar refractivity (Wildman–Crippen MR) is 82.3 cm³/mol. The summed E-state index contributed by atoms with van der Waals surface area (Å²) in [6, 6.07) is 9.62. The van der Waals surface area contributed by atoms with Gasteiger partial charge in [-0.2, -0.15) is 4.99 Å². The van der Waals surface area contributed by atoms with E-state index in [0.29, 0.717) is 5.02 Å². The number of aryl methyl sites for hydroxylation is 1. The normalized spacial score (nSPS) is 10.9. The van der Waals surface area contributed by atoms with Crippen molar-refractivity contribution in [1.29, 1.82) is 0 Å². The van der Waals surface area contributed by atoms with E-state index in [0.717, 1.165) is 27.4 Å².